The summed E-state index contributed by atoms with van der Waals surface area (Å²) in [5.41, 5.74) is 2.58. The van der Waals surface area contributed by atoms with Crippen molar-refractivity contribution in [3.05, 3.63) is 47.4 Å². The standard InChI is InChI=1S/C20H25N5O.C2HF3O2/c1-15-5-3-6-17(21-15)13-24-12-10-20(19(24)26)9-4-11-25(14-20)18-8-7-16(2)22-23-18;3-2(4,5)1(6)7/h3,5-8H,4,9-14H2,1-2H3;(H,6,7). The molecule has 2 aliphatic heterocycles. The van der Waals surface area contributed by atoms with Crippen molar-refractivity contribution in [1.29, 1.82) is 0 Å². The highest BCUT2D eigenvalue weighted by atomic mass is 19.4. The number of carbonyl (C=O) groups is 2. The number of rotatable bonds is 3. The van der Waals surface area contributed by atoms with Crippen LogP contribution in [0.15, 0.2) is 30.3 Å². The molecule has 0 aromatic carbocycles. The number of pyridine rings is 1. The van der Waals surface area contributed by atoms with Gasteiger partial charge in [0, 0.05) is 25.3 Å². The number of aliphatic carboxylic acids is 1. The van der Waals surface area contributed by atoms with Crippen molar-refractivity contribution < 1.29 is 27.9 Å². The van der Waals surface area contributed by atoms with E-state index in [9.17, 15) is 18.0 Å². The van der Waals surface area contributed by atoms with Crippen LogP contribution in [-0.4, -0.2) is 62.9 Å². The van der Waals surface area contributed by atoms with E-state index in [1.54, 1.807) is 0 Å². The number of carboxylic acids is 1. The average Bonchev–Trinajstić information content (AvgIpc) is 3.03. The fourth-order valence-corrected chi connectivity index (χ4v) is 4.19. The zero-order valence-corrected chi connectivity index (χ0v) is 18.5. The lowest BCUT2D eigenvalue weighted by molar-refractivity contribution is -0.192. The molecule has 178 valence electrons. The Labute approximate surface area is 189 Å². The molecule has 0 bridgehead atoms. The Balaban J connectivity index is 0.000000383. The Morgan fingerprint density at radius 1 is 1.09 bits per heavy atom. The van der Waals surface area contributed by atoms with Gasteiger partial charge in [-0.1, -0.05) is 6.07 Å². The number of carbonyl (C=O) groups excluding carboxylic acids is 1. The minimum Gasteiger partial charge on any atom is -0.475 e. The second-order valence-electron chi connectivity index (χ2n) is 8.39. The summed E-state index contributed by atoms with van der Waals surface area (Å²) in [6.45, 7) is 7.01. The first kappa shape index (κ1) is 24.4. The molecule has 2 saturated heterocycles. The fraction of sp³-hybridized carbons (Fsp3) is 0.500. The van der Waals surface area contributed by atoms with Crippen LogP contribution < -0.4 is 4.90 Å². The third kappa shape index (κ3) is 5.96. The number of hydrogen-bond acceptors (Lipinski definition) is 6. The first-order valence-corrected chi connectivity index (χ1v) is 10.6. The van der Waals surface area contributed by atoms with Crippen molar-refractivity contribution in [2.75, 3.05) is 24.5 Å². The summed E-state index contributed by atoms with van der Waals surface area (Å²) in [6, 6.07) is 9.98. The molecule has 0 aliphatic carbocycles. The molecule has 8 nitrogen and oxygen atoms in total. The molecule has 2 aromatic rings. The summed E-state index contributed by atoms with van der Waals surface area (Å²) in [5, 5.41) is 15.6. The molecule has 1 atom stereocenters. The second kappa shape index (κ2) is 9.72. The minimum absolute atomic E-state index is 0.269. The SMILES string of the molecule is Cc1ccc(N2CCCC3(CCN(Cc4cccc(C)n4)C3=O)C2)nn1.O=C(O)C(F)(F)F. The van der Waals surface area contributed by atoms with E-state index in [0.29, 0.717) is 6.54 Å². The Kier molecular flexibility index (Phi) is 7.19. The summed E-state index contributed by atoms with van der Waals surface area (Å²) >= 11 is 0. The van der Waals surface area contributed by atoms with E-state index in [2.05, 4.69) is 20.1 Å². The lowest BCUT2D eigenvalue weighted by Gasteiger charge is -2.39. The van der Waals surface area contributed by atoms with Crippen LogP contribution in [-0.2, 0) is 16.1 Å². The maximum Gasteiger partial charge on any atom is 0.490 e. The van der Waals surface area contributed by atoms with Gasteiger partial charge in [-0.05, 0) is 57.4 Å². The maximum atomic E-state index is 13.2. The monoisotopic (exact) mass is 465 g/mol. The molecular formula is C22H26F3N5O3. The minimum atomic E-state index is -5.08. The zero-order valence-electron chi connectivity index (χ0n) is 18.5. The topological polar surface area (TPSA) is 99.5 Å². The molecule has 33 heavy (non-hydrogen) atoms. The second-order valence-corrected chi connectivity index (χ2v) is 8.39. The summed E-state index contributed by atoms with van der Waals surface area (Å²) in [5.74, 6) is -1.61. The van der Waals surface area contributed by atoms with Gasteiger partial charge in [0.15, 0.2) is 5.82 Å². The van der Waals surface area contributed by atoms with E-state index in [0.717, 1.165) is 61.8 Å². The van der Waals surface area contributed by atoms with Gasteiger partial charge in [-0.2, -0.15) is 18.3 Å². The van der Waals surface area contributed by atoms with Crippen LogP contribution in [0.5, 0.6) is 0 Å². The lowest BCUT2D eigenvalue weighted by Crippen LogP contribution is -2.48. The molecule has 4 heterocycles. The Bertz CT molecular complexity index is 1000. The van der Waals surface area contributed by atoms with Crippen LogP contribution in [0.4, 0.5) is 19.0 Å². The molecule has 1 spiro atoms. The van der Waals surface area contributed by atoms with Crippen LogP contribution in [0.3, 0.4) is 0 Å². The zero-order chi connectivity index (χ0) is 24.2. The molecule has 0 radical (unpaired) electrons. The average molecular weight is 465 g/mol. The molecule has 4 rings (SSSR count). The Morgan fingerprint density at radius 3 is 2.42 bits per heavy atom. The van der Waals surface area contributed by atoms with Gasteiger partial charge in [0.05, 0.1) is 23.3 Å². The number of likely N-dealkylation sites (tertiary alicyclic amines) is 1. The number of piperidine rings is 1. The van der Waals surface area contributed by atoms with Crippen molar-refractivity contribution in [2.45, 2.75) is 45.8 Å². The van der Waals surface area contributed by atoms with Gasteiger partial charge in [0.25, 0.3) is 0 Å². The number of nitrogens with zero attached hydrogens (tertiary/aromatic N) is 5. The van der Waals surface area contributed by atoms with E-state index in [1.165, 1.54) is 0 Å². The molecule has 1 unspecified atom stereocenters. The first-order chi connectivity index (χ1) is 15.5. The predicted molar refractivity (Wildman–Crippen MR) is 113 cm³/mol. The largest absolute Gasteiger partial charge is 0.490 e. The highest BCUT2D eigenvalue weighted by Crippen LogP contribution is 2.41. The van der Waals surface area contributed by atoms with E-state index < -0.39 is 12.1 Å². The van der Waals surface area contributed by atoms with Gasteiger partial charge in [-0.25, -0.2) is 4.79 Å². The summed E-state index contributed by atoms with van der Waals surface area (Å²) in [4.78, 5) is 30.9. The van der Waals surface area contributed by atoms with Crippen molar-refractivity contribution in [3.63, 3.8) is 0 Å². The molecule has 1 N–H and O–H groups in total. The molecule has 1 amide bonds. The first-order valence-electron chi connectivity index (χ1n) is 10.6. The summed E-state index contributed by atoms with van der Waals surface area (Å²) in [6.07, 6.45) is -2.20. The number of alkyl halides is 3. The van der Waals surface area contributed by atoms with E-state index in [1.807, 2.05) is 49.1 Å². The predicted octanol–water partition coefficient (Wildman–Crippen LogP) is 3.14. The third-order valence-corrected chi connectivity index (χ3v) is 5.83. The molecule has 11 heteroatoms. The van der Waals surface area contributed by atoms with Gasteiger partial charge in [-0.15, -0.1) is 5.10 Å². The van der Waals surface area contributed by atoms with Crippen molar-refractivity contribution in [1.82, 2.24) is 20.1 Å². The number of hydrogen-bond donors (Lipinski definition) is 1. The van der Waals surface area contributed by atoms with Gasteiger partial charge in [-0.3, -0.25) is 9.78 Å². The number of halogens is 3. The molecule has 2 aliphatic rings. The van der Waals surface area contributed by atoms with E-state index in [-0.39, 0.29) is 11.3 Å². The summed E-state index contributed by atoms with van der Waals surface area (Å²) in [7, 11) is 0. The van der Waals surface area contributed by atoms with E-state index >= 15 is 0 Å². The Hall–Kier alpha value is -3.24. The normalized spacial score (nSPS) is 20.6. The fourth-order valence-electron chi connectivity index (χ4n) is 4.19. The third-order valence-electron chi connectivity index (χ3n) is 5.83. The summed E-state index contributed by atoms with van der Waals surface area (Å²) < 4.78 is 31.7. The van der Waals surface area contributed by atoms with Crippen molar-refractivity contribution in [3.8, 4) is 0 Å². The number of amides is 1. The van der Waals surface area contributed by atoms with Crippen LogP contribution in [0, 0.1) is 19.3 Å². The van der Waals surface area contributed by atoms with Gasteiger partial charge >= 0.3 is 12.1 Å². The van der Waals surface area contributed by atoms with Gasteiger partial charge < -0.3 is 14.9 Å². The van der Waals surface area contributed by atoms with Gasteiger partial charge in [0.2, 0.25) is 5.91 Å². The highest BCUT2D eigenvalue weighted by molar-refractivity contribution is 5.85. The van der Waals surface area contributed by atoms with E-state index in [4.69, 9.17) is 9.90 Å². The highest BCUT2D eigenvalue weighted by Gasteiger charge is 2.49. The van der Waals surface area contributed by atoms with Crippen LogP contribution in [0.1, 0.15) is 36.3 Å². The van der Waals surface area contributed by atoms with Crippen LogP contribution >= 0.6 is 0 Å². The molecule has 0 saturated carbocycles. The van der Waals surface area contributed by atoms with Gasteiger partial charge in [0.1, 0.15) is 0 Å². The molecule has 2 aromatic heterocycles. The number of aromatic nitrogens is 3. The quantitative estimate of drug-likeness (QED) is 0.743. The number of carboxylic acid groups (broad SMARTS) is 1. The van der Waals surface area contributed by atoms with Crippen molar-refractivity contribution >= 4 is 17.7 Å². The Morgan fingerprint density at radius 2 is 1.82 bits per heavy atom. The smallest absolute Gasteiger partial charge is 0.475 e. The number of anilines is 1. The van der Waals surface area contributed by atoms with Crippen molar-refractivity contribution in [2.24, 2.45) is 5.41 Å². The maximum absolute atomic E-state index is 13.2. The number of aryl methyl sites for hydroxylation is 2. The van der Waals surface area contributed by atoms with Crippen LogP contribution in [0.25, 0.3) is 0 Å². The van der Waals surface area contributed by atoms with Crippen LogP contribution in [0.2, 0.25) is 0 Å². The molecule has 2 fully saturated rings. The lowest BCUT2D eigenvalue weighted by atomic mass is 9.78. The molecular weight excluding hydrogens is 439 g/mol.